The molecule has 1 N–H and O–H groups in total. The molecule has 0 aromatic carbocycles. The van der Waals surface area contributed by atoms with Crippen molar-refractivity contribution < 1.29 is 4.74 Å². The largest absolute Gasteiger partial charge is 0.369 e. The highest BCUT2D eigenvalue weighted by atomic mass is 16.5. The summed E-state index contributed by atoms with van der Waals surface area (Å²) in [6.45, 7) is 4.52. The Balaban J connectivity index is 1.56. The normalized spacial score (nSPS) is 38.7. The lowest BCUT2D eigenvalue weighted by Gasteiger charge is -2.46. The van der Waals surface area contributed by atoms with Crippen LogP contribution < -0.4 is 5.32 Å². The van der Waals surface area contributed by atoms with Gasteiger partial charge in [0, 0.05) is 13.1 Å². The number of rotatable bonds is 3. The summed E-state index contributed by atoms with van der Waals surface area (Å²) in [5, 5.41) is 3.67. The van der Waals surface area contributed by atoms with E-state index in [4.69, 9.17) is 4.74 Å². The molecule has 2 heteroatoms. The van der Waals surface area contributed by atoms with Gasteiger partial charge in [-0.25, -0.2) is 0 Å². The Labute approximate surface area is 118 Å². The molecule has 1 aliphatic heterocycles. The quantitative estimate of drug-likeness (QED) is 0.836. The Morgan fingerprint density at radius 1 is 1.00 bits per heavy atom. The summed E-state index contributed by atoms with van der Waals surface area (Å²) in [6.07, 6.45) is 14.6. The molecule has 2 aliphatic carbocycles. The third-order valence-electron chi connectivity index (χ3n) is 5.82. The SMILES string of the molecule is CC1(C2CCCCC2)CNCC(CC2CCCC2)O1. The van der Waals surface area contributed by atoms with Crippen LogP contribution in [0.25, 0.3) is 0 Å². The van der Waals surface area contributed by atoms with Gasteiger partial charge in [0.2, 0.25) is 0 Å². The van der Waals surface area contributed by atoms with Crippen molar-refractivity contribution in [2.75, 3.05) is 13.1 Å². The molecule has 19 heavy (non-hydrogen) atoms. The van der Waals surface area contributed by atoms with E-state index in [0.717, 1.165) is 24.9 Å². The minimum absolute atomic E-state index is 0.113. The average Bonchev–Trinajstić information content (AvgIpc) is 2.93. The van der Waals surface area contributed by atoms with E-state index in [1.807, 2.05) is 0 Å². The van der Waals surface area contributed by atoms with Gasteiger partial charge < -0.3 is 10.1 Å². The van der Waals surface area contributed by atoms with Crippen molar-refractivity contribution in [1.82, 2.24) is 5.32 Å². The number of morpholine rings is 1. The van der Waals surface area contributed by atoms with E-state index in [1.54, 1.807) is 0 Å². The number of ether oxygens (including phenoxy) is 1. The van der Waals surface area contributed by atoms with Gasteiger partial charge in [-0.3, -0.25) is 0 Å². The summed E-state index contributed by atoms with van der Waals surface area (Å²) in [4.78, 5) is 0. The van der Waals surface area contributed by atoms with Crippen LogP contribution in [-0.2, 0) is 4.74 Å². The molecule has 3 aliphatic rings. The molecule has 0 amide bonds. The maximum Gasteiger partial charge on any atom is 0.0810 e. The van der Waals surface area contributed by atoms with Gasteiger partial charge >= 0.3 is 0 Å². The van der Waals surface area contributed by atoms with Crippen molar-refractivity contribution in [3.63, 3.8) is 0 Å². The zero-order chi connectivity index (χ0) is 13.1. The fourth-order valence-electron chi connectivity index (χ4n) is 4.65. The Bertz CT molecular complexity index is 281. The first kappa shape index (κ1) is 13.9. The lowest BCUT2D eigenvalue weighted by Crippen LogP contribution is -2.56. The van der Waals surface area contributed by atoms with E-state index in [0.29, 0.717) is 6.10 Å². The van der Waals surface area contributed by atoms with Crippen LogP contribution >= 0.6 is 0 Å². The smallest absolute Gasteiger partial charge is 0.0810 e. The molecule has 0 spiro atoms. The molecule has 110 valence electrons. The van der Waals surface area contributed by atoms with Crippen LogP contribution in [0.15, 0.2) is 0 Å². The van der Waals surface area contributed by atoms with Gasteiger partial charge in [-0.1, -0.05) is 44.9 Å². The second-order valence-corrected chi connectivity index (χ2v) is 7.40. The minimum atomic E-state index is 0.113. The summed E-state index contributed by atoms with van der Waals surface area (Å²) in [5.41, 5.74) is 0.113. The van der Waals surface area contributed by atoms with Crippen molar-refractivity contribution in [3.8, 4) is 0 Å². The van der Waals surface area contributed by atoms with Gasteiger partial charge in [0.05, 0.1) is 11.7 Å². The van der Waals surface area contributed by atoms with Crippen LogP contribution in [0.5, 0.6) is 0 Å². The van der Waals surface area contributed by atoms with Gasteiger partial charge in [0.25, 0.3) is 0 Å². The molecule has 2 saturated carbocycles. The molecule has 0 aromatic rings. The molecular formula is C17H31NO. The standard InChI is InChI=1S/C17H31NO/c1-17(15-9-3-2-4-10-15)13-18-12-16(19-17)11-14-7-5-6-8-14/h14-16,18H,2-13H2,1H3. The van der Waals surface area contributed by atoms with Crippen LogP contribution in [0.1, 0.15) is 71.1 Å². The van der Waals surface area contributed by atoms with Gasteiger partial charge in [0.1, 0.15) is 0 Å². The van der Waals surface area contributed by atoms with Crippen LogP contribution in [0, 0.1) is 11.8 Å². The molecule has 0 bridgehead atoms. The average molecular weight is 265 g/mol. The highest BCUT2D eigenvalue weighted by molar-refractivity contribution is 4.93. The van der Waals surface area contributed by atoms with Crippen molar-refractivity contribution in [1.29, 1.82) is 0 Å². The first-order chi connectivity index (χ1) is 9.26. The zero-order valence-corrected chi connectivity index (χ0v) is 12.6. The fraction of sp³-hybridized carbons (Fsp3) is 1.00. The first-order valence-electron chi connectivity index (χ1n) is 8.65. The molecule has 1 saturated heterocycles. The topological polar surface area (TPSA) is 21.3 Å². The molecular weight excluding hydrogens is 234 g/mol. The molecule has 3 fully saturated rings. The Kier molecular flexibility index (Phi) is 4.48. The van der Waals surface area contributed by atoms with Gasteiger partial charge in [-0.05, 0) is 38.0 Å². The predicted octanol–water partition coefficient (Wildman–Crippen LogP) is 3.89. The number of hydrogen-bond acceptors (Lipinski definition) is 2. The van der Waals surface area contributed by atoms with E-state index in [9.17, 15) is 0 Å². The van der Waals surface area contributed by atoms with Gasteiger partial charge in [-0.2, -0.15) is 0 Å². The van der Waals surface area contributed by atoms with E-state index in [-0.39, 0.29) is 5.60 Å². The third kappa shape index (κ3) is 3.33. The lowest BCUT2D eigenvalue weighted by atomic mass is 9.77. The highest BCUT2D eigenvalue weighted by Crippen LogP contribution is 2.38. The van der Waals surface area contributed by atoms with Crippen molar-refractivity contribution in [2.45, 2.75) is 82.8 Å². The number of nitrogens with one attached hydrogen (secondary N) is 1. The van der Waals surface area contributed by atoms with E-state index in [1.165, 1.54) is 64.2 Å². The minimum Gasteiger partial charge on any atom is -0.369 e. The Hall–Kier alpha value is -0.0800. The van der Waals surface area contributed by atoms with Gasteiger partial charge in [0.15, 0.2) is 0 Å². The van der Waals surface area contributed by atoms with Crippen LogP contribution in [-0.4, -0.2) is 24.8 Å². The molecule has 0 radical (unpaired) electrons. The van der Waals surface area contributed by atoms with E-state index >= 15 is 0 Å². The Morgan fingerprint density at radius 2 is 1.68 bits per heavy atom. The Morgan fingerprint density at radius 3 is 2.42 bits per heavy atom. The monoisotopic (exact) mass is 265 g/mol. The molecule has 2 unspecified atom stereocenters. The molecule has 1 heterocycles. The van der Waals surface area contributed by atoms with Crippen molar-refractivity contribution >= 4 is 0 Å². The fourth-order valence-corrected chi connectivity index (χ4v) is 4.65. The molecule has 2 nitrogen and oxygen atoms in total. The van der Waals surface area contributed by atoms with Crippen molar-refractivity contribution in [3.05, 3.63) is 0 Å². The second-order valence-electron chi connectivity index (χ2n) is 7.40. The maximum atomic E-state index is 6.61. The van der Waals surface area contributed by atoms with E-state index < -0.39 is 0 Å². The molecule has 3 rings (SSSR count). The summed E-state index contributed by atoms with van der Waals surface area (Å²) < 4.78 is 6.61. The highest BCUT2D eigenvalue weighted by Gasteiger charge is 2.40. The summed E-state index contributed by atoms with van der Waals surface area (Å²) in [5.74, 6) is 1.74. The lowest BCUT2D eigenvalue weighted by molar-refractivity contribution is -0.148. The summed E-state index contributed by atoms with van der Waals surface area (Å²) >= 11 is 0. The predicted molar refractivity (Wildman–Crippen MR) is 79.3 cm³/mol. The first-order valence-corrected chi connectivity index (χ1v) is 8.65. The molecule has 2 atom stereocenters. The van der Waals surface area contributed by atoms with Crippen LogP contribution in [0.2, 0.25) is 0 Å². The third-order valence-corrected chi connectivity index (χ3v) is 5.82. The van der Waals surface area contributed by atoms with Crippen LogP contribution in [0.4, 0.5) is 0 Å². The summed E-state index contributed by atoms with van der Waals surface area (Å²) in [7, 11) is 0. The molecule has 0 aromatic heterocycles. The van der Waals surface area contributed by atoms with Gasteiger partial charge in [-0.15, -0.1) is 0 Å². The number of hydrogen-bond donors (Lipinski definition) is 1. The second kappa shape index (κ2) is 6.13. The van der Waals surface area contributed by atoms with Crippen molar-refractivity contribution in [2.24, 2.45) is 11.8 Å². The van der Waals surface area contributed by atoms with Crippen LogP contribution in [0.3, 0.4) is 0 Å². The zero-order valence-electron chi connectivity index (χ0n) is 12.6. The summed E-state index contributed by atoms with van der Waals surface area (Å²) in [6, 6.07) is 0. The van der Waals surface area contributed by atoms with E-state index in [2.05, 4.69) is 12.2 Å². The maximum absolute atomic E-state index is 6.61.